The summed E-state index contributed by atoms with van der Waals surface area (Å²) in [4.78, 5) is 12.2. The lowest BCUT2D eigenvalue weighted by Gasteiger charge is -2.08. The van der Waals surface area contributed by atoms with Gasteiger partial charge in [-0.2, -0.15) is 0 Å². The largest absolute Gasteiger partial charge is 0.465 e. The molecule has 0 radical (unpaired) electrons. The Morgan fingerprint density at radius 3 is 2.34 bits per heavy atom. The van der Waals surface area contributed by atoms with Crippen molar-refractivity contribution in [2.45, 2.75) is 13.5 Å². The molecule has 1 aromatic heterocycles. The Bertz CT molecular complexity index is 1030. The molecule has 3 aromatic rings. The molecule has 0 aliphatic carbocycles. The number of anilines is 1. The van der Waals surface area contributed by atoms with E-state index in [0.717, 1.165) is 22.8 Å². The lowest BCUT2D eigenvalue weighted by molar-refractivity contribution is 0.0948. The van der Waals surface area contributed by atoms with Gasteiger partial charge in [-0.3, -0.25) is 4.79 Å². The van der Waals surface area contributed by atoms with Gasteiger partial charge in [0.25, 0.3) is 5.91 Å². The number of nitrogens with one attached hydrogen (secondary N) is 2. The van der Waals surface area contributed by atoms with Crippen LogP contribution >= 0.6 is 0 Å². The van der Waals surface area contributed by atoms with Crippen LogP contribution in [-0.4, -0.2) is 5.91 Å². The summed E-state index contributed by atoms with van der Waals surface area (Å²) >= 11 is 0. The summed E-state index contributed by atoms with van der Waals surface area (Å²) in [5.41, 5.74) is 14.9. The van der Waals surface area contributed by atoms with Gasteiger partial charge in [0.05, 0.1) is 6.54 Å². The molecule has 1 amide bonds. The molecule has 0 aliphatic rings. The fourth-order valence-electron chi connectivity index (χ4n) is 2.67. The molecule has 0 aliphatic heterocycles. The molecule has 0 fully saturated rings. The minimum atomic E-state index is -0.173. The molecule has 2 aromatic carbocycles. The van der Waals surface area contributed by atoms with E-state index in [4.69, 9.17) is 15.9 Å². The number of carbonyl (C=O) groups excluding carboxylic acids is 1. The first kappa shape index (κ1) is 19.8. The second-order valence-corrected chi connectivity index (χ2v) is 6.51. The van der Waals surface area contributed by atoms with E-state index in [1.807, 2.05) is 49.4 Å². The second-order valence-electron chi connectivity index (χ2n) is 6.51. The zero-order valence-corrected chi connectivity index (χ0v) is 16.2. The van der Waals surface area contributed by atoms with Gasteiger partial charge in [-0.05, 0) is 61.0 Å². The molecule has 3 rings (SSSR count). The van der Waals surface area contributed by atoms with Gasteiger partial charge in [0.2, 0.25) is 0 Å². The maximum Gasteiger partial charge on any atom is 0.251 e. The van der Waals surface area contributed by atoms with Crippen molar-refractivity contribution in [2.75, 3.05) is 5.32 Å². The molecule has 29 heavy (non-hydrogen) atoms. The summed E-state index contributed by atoms with van der Waals surface area (Å²) in [5, 5.41) is 5.89. The van der Waals surface area contributed by atoms with Crippen LogP contribution in [0, 0.1) is 6.92 Å². The van der Waals surface area contributed by atoms with Crippen LogP contribution in [0.15, 0.2) is 89.1 Å². The molecule has 6 nitrogen and oxygen atoms in total. The number of allylic oxidation sites excluding steroid dienone is 2. The van der Waals surface area contributed by atoms with E-state index in [0.29, 0.717) is 23.6 Å². The smallest absolute Gasteiger partial charge is 0.251 e. The Labute approximate surface area is 172 Å². The van der Waals surface area contributed by atoms with Gasteiger partial charge in [0, 0.05) is 19.8 Å². The monoisotopic (exact) mass is 392 g/mol. The highest BCUT2D eigenvalue weighted by atomic mass is 16.3. The SMILES string of the molecule is Cc1ccc(CNC(=O)c2ccc(N/C(N)=C/C=C(\N)c3ccccc3)cc2)o1.[HH].[HH]. The molecule has 1 heterocycles. The summed E-state index contributed by atoms with van der Waals surface area (Å²) in [5.74, 6) is 1.80. The first-order valence-corrected chi connectivity index (χ1v) is 9.20. The summed E-state index contributed by atoms with van der Waals surface area (Å²) in [7, 11) is 0. The maximum absolute atomic E-state index is 12.2. The minimum absolute atomic E-state index is 0. The van der Waals surface area contributed by atoms with E-state index in [1.54, 1.807) is 36.4 Å². The highest BCUT2D eigenvalue weighted by Gasteiger charge is 2.07. The van der Waals surface area contributed by atoms with E-state index < -0.39 is 0 Å². The maximum atomic E-state index is 12.2. The predicted molar refractivity (Wildman–Crippen MR) is 120 cm³/mol. The molecule has 0 saturated carbocycles. The summed E-state index contributed by atoms with van der Waals surface area (Å²) < 4.78 is 5.44. The van der Waals surface area contributed by atoms with Crippen molar-refractivity contribution in [2.24, 2.45) is 11.5 Å². The van der Waals surface area contributed by atoms with Crippen molar-refractivity contribution >= 4 is 17.3 Å². The lowest BCUT2D eigenvalue weighted by Crippen LogP contribution is -2.22. The van der Waals surface area contributed by atoms with E-state index in [2.05, 4.69) is 10.6 Å². The molecule has 0 spiro atoms. The number of benzene rings is 2. The number of carbonyl (C=O) groups is 1. The average molecular weight is 393 g/mol. The summed E-state index contributed by atoms with van der Waals surface area (Å²) in [6.45, 7) is 2.21. The normalized spacial score (nSPS) is 11.9. The van der Waals surface area contributed by atoms with Crippen LogP contribution < -0.4 is 22.1 Å². The predicted octanol–water partition coefficient (Wildman–Crippen LogP) is 4.22. The highest BCUT2D eigenvalue weighted by Crippen LogP contribution is 2.13. The quantitative estimate of drug-likeness (QED) is 0.450. The van der Waals surface area contributed by atoms with Crippen molar-refractivity contribution in [3.8, 4) is 0 Å². The number of nitrogens with two attached hydrogens (primary N) is 2. The van der Waals surface area contributed by atoms with Crippen LogP contribution in [-0.2, 0) is 6.54 Å². The zero-order chi connectivity index (χ0) is 20.6. The summed E-state index contributed by atoms with van der Waals surface area (Å²) in [6.07, 6.45) is 3.45. The van der Waals surface area contributed by atoms with Gasteiger partial charge < -0.3 is 26.5 Å². The number of furan rings is 1. The van der Waals surface area contributed by atoms with Crippen LogP contribution in [0.4, 0.5) is 5.69 Å². The molecule has 0 unspecified atom stereocenters. The molecule has 152 valence electrons. The van der Waals surface area contributed by atoms with Crippen molar-refractivity contribution in [1.29, 1.82) is 0 Å². The molecular formula is C23H28N4O2. The third kappa shape index (κ3) is 5.77. The van der Waals surface area contributed by atoms with Gasteiger partial charge in [-0.1, -0.05) is 30.3 Å². The van der Waals surface area contributed by atoms with Crippen molar-refractivity contribution in [3.63, 3.8) is 0 Å². The van der Waals surface area contributed by atoms with Gasteiger partial charge in [-0.15, -0.1) is 0 Å². The van der Waals surface area contributed by atoms with Crippen molar-refractivity contribution < 1.29 is 12.1 Å². The highest BCUT2D eigenvalue weighted by molar-refractivity contribution is 5.94. The Morgan fingerprint density at radius 2 is 1.69 bits per heavy atom. The van der Waals surface area contributed by atoms with E-state index in [1.165, 1.54) is 0 Å². The minimum Gasteiger partial charge on any atom is -0.465 e. The standard InChI is InChI=1S/C23H24N4O2.2H2/c1-16-7-12-20(29-16)15-26-23(28)18-8-10-19(11-9-18)27-22(25)14-13-21(24)17-5-3-2-4-6-17;;/h2-14,27H,15,24-25H2,1H3,(H,26,28);2*1H/b21-13-,22-14+;;. The van der Waals surface area contributed by atoms with Crippen molar-refractivity contribution in [1.82, 2.24) is 5.32 Å². The van der Waals surface area contributed by atoms with Crippen LogP contribution in [0.1, 0.15) is 30.3 Å². The number of amides is 1. The number of hydrogen-bond donors (Lipinski definition) is 4. The molecule has 0 bridgehead atoms. The van der Waals surface area contributed by atoms with E-state index >= 15 is 0 Å². The number of aryl methyl sites for hydroxylation is 1. The first-order chi connectivity index (χ1) is 14.0. The topological polar surface area (TPSA) is 106 Å². The average Bonchev–Trinajstić information content (AvgIpc) is 3.16. The Balaban J connectivity index is 0.00000240. The molecule has 0 atom stereocenters. The van der Waals surface area contributed by atoms with Crippen LogP contribution in [0.5, 0.6) is 0 Å². The van der Waals surface area contributed by atoms with E-state index in [-0.39, 0.29) is 8.76 Å². The van der Waals surface area contributed by atoms with Crippen LogP contribution in [0.25, 0.3) is 5.70 Å². The number of rotatable bonds is 7. The van der Waals surface area contributed by atoms with Crippen molar-refractivity contribution in [3.05, 3.63) is 107 Å². The lowest BCUT2D eigenvalue weighted by atomic mass is 10.1. The first-order valence-electron chi connectivity index (χ1n) is 9.20. The summed E-state index contributed by atoms with van der Waals surface area (Å²) in [6, 6.07) is 20.4. The van der Waals surface area contributed by atoms with Crippen LogP contribution in [0.3, 0.4) is 0 Å². The third-order valence-electron chi connectivity index (χ3n) is 4.20. The third-order valence-corrected chi connectivity index (χ3v) is 4.20. The van der Waals surface area contributed by atoms with Gasteiger partial charge in [0.15, 0.2) is 0 Å². The fraction of sp³-hybridized carbons (Fsp3) is 0.0870. The molecule has 6 heteroatoms. The number of hydrogen-bond acceptors (Lipinski definition) is 5. The fourth-order valence-corrected chi connectivity index (χ4v) is 2.67. The van der Waals surface area contributed by atoms with Crippen LogP contribution in [0.2, 0.25) is 0 Å². The Kier molecular flexibility index (Phi) is 6.37. The Hall–Kier alpha value is -3.93. The van der Waals surface area contributed by atoms with Gasteiger partial charge >= 0.3 is 0 Å². The molecular weight excluding hydrogens is 364 g/mol. The Morgan fingerprint density at radius 1 is 0.966 bits per heavy atom. The van der Waals surface area contributed by atoms with E-state index in [9.17, 15) is 4.79 Å². The van der Waals surface area contributed by atoms with Gasteiger partial charge in [-0.25, -0.2) is 0 Å². The second kappa shape index (κ2) is 9.32. The van der Waals surface area contributed by atoms with Gasteiger partial charge in [0.1, 0.15) is 17.3 Å². The zero-order valence-electron chi connectivity index (χ0n) is 16.2. The molecule has 6 N–H and O–H groups in total. The molecule has 0 saturated heterocycles.